The molecule has 0 aliphatic rings. The van der Waals surface area contributed by atoms with Crippen molar-refractivity contribution in [3.8, 4) is 0 Å². The second kappa shape index (κ2) is 7.29. The molecule has 0 atom stereocenters. The summed E-state index contributed by atoms with van der Waals surface area (Å²) < 4.78 is 0. The van der Waals surface area contributed by atoms with Crippen LogP contribution in [-0.2, 0) is 6.42 Å². The summed E-state index contributed by atoms with van der Waals surface area (Å²) in [5, 5.41) is 0. The minimum Gasteiger partial charge on any atom is -0.398 e. The summed E-state index contributed by atoms with van der Waals surface area (Å²) >= 11 is 0. The maximum absolute atomic E-state index is 11.5. The van der Waals surface area contributed by atoms with E-state index in [0.717, 1.165) is 6.42 Å². The van der Waals surface area contributed by atoms with Crippen LogP contribution in [-0.4, -0.2) is 5.78 Å². The number of unbranched alkanes of at least 4 members (excludes halogenated alkanes) is 1. The van der Waals surface area contributed by atoms with Crippen molar-refractivity contribution in [2.75, 3.05) is 5.73 Å². The third-order valence-electron chi connectivity index (χ3n) is 2.56. The molecule has 3 heteroatoms. The average Bonchev–Trinajstić information content (AvgIpc) is 2.25. The molecule has 0 fully saturated rings. The summed E-state index contributed by atoms with van der Waals surface area (Å²) in [6, 6.07) is 5.79. The van der Waals surface area contributed by atoms with Gasteiger partial charge in [0.2, 0.25) is 0 Å². The van der Waals surface area contributed by atoms with Crippen LogP contribution in [0.25, 0.3) is 0 Å². The number of halogens is 1. The number of benzene rings is 1. The van der Waals surface area contributed by atoms with Crippen molar-refractivity contribution < 1.29 is 4.79 Å². The van der Waals surface area contributed by atoms with Gasteiger partial charge < -0.3 is 5.73 Å². The molecule has 0 amide bonds. The Morgan fingerprint density at radius 3 is 2.50 bits per heavy atom. The van der Waals surface area contributed by atoms with Crippen molar-refractivity contribution in [1.82, 2.24) is 0 Å². The van der Waals surface area contributed by atoms with Gasteiger partial charge in [0.15, 0.2) is 5.78 Å². The molecule has 1 aromatic rings. The minimum absolute atomic E-state index is 0. The fraction of sp³-hybridized carbons (Fsp3) is 0.462. The predicted molar refractivity (Wildman–Crippen MR) is 71.3 cm³/mol. The summed E-state index contributed by atoms with van der Waals surface area (Å²) in [6.45, 7) is 4.02. The van der Waals surface area contributed by atoms with Crippen molar-refractivity contribution in [1.29, 1.82) is 0 Å². The quantitative estimate of drug-likeness (QED) is 0.632. The first-order valence-electron chi connectivity index (χ1n) is 5.60. The number of rotatable bonds is 5. The van der Waals surface area contributed by atoms with E-state index in [-0.39, 0.29) is 18.2 Å². The van der Waals surface area contributed by atoms with E-state index in [1.807, 2.05) is 25.1 Å². The molecule has 0 unspecified atom stereocenters. The van der Waals surface area contributed by atoms with Gasteiger partial charge >= 0.3 is 0 Å². The van der Waals surface area contributed by atoms with Crippen molar-refractivity contribution >= 4 is 23.9 Å². The number of hydrogen-bond donors (Lipinski definition) is 1. The lowest BCUT2D eigenvalue weighted by Gasteiger charge is -2.06. The van der Waals surface area contributed by atoms with Crippen LogP contribution in [0, 0.1) is 0 Å². The molecule has 0 spiro atoms. The van der Waals surface area contributed by atoms with Gasteiger partial charge in [-0.25, -0.2) is 0 Å². The Balaban J connectivity index is 0.00000225. The molecule has 0 saturated heterocycles. The number of Topliss-reactive ketones (excluding diaryl/α,β-unsaturated/α-hetero) is 1. The smallest absolute Gasteiger partial charge is 0.164 e. The fourth-order valence-electron chi connectivity index (χ4n) is 1.59. The van der Waals surface area contributed by atoms with E-state index >= 15 is 0 Å². The second-order valence-corrected chi connectivity index (χ2v) is 3.80. The van der Waals surface area contributed by atoms with Crippen LogP contribution in [0.4, 0.5) is 5.69 Å². The number of aryl methyl sites for hydroxylation is 1. The number of anilines is 1. The van der Waals surface area contributed by atoms with Gasteiger partial charge in [-0.15, -0.1) is 12.4 Å². The van der Waals surface area contributed by atoms with Crippen molar-refractivity contribution in [2.24, 2.45) is 0 Å². The lowest BCUT2D eigenvalue weighted by atomic mass is 10.0. The van der Waals surface area contributed by atoms with Crippen molar-refractivity contribution in [2.45, 2.75) is 39.5 Å². The van der Waals surface area contributed by atoms with Crippen molar-refractivity contribution in [3.63, 3.8) is 0 Å². The van der Waals surface area contributed by atoms with Gasteiger partial charge in [-0.05, 0) is 30.5 Å². The molecule has 1 rings (SSSR count). The topological polar surface area (TPSA) is 43.1 Å². The predicted octanol–water partition coefficient (Wildman–Crippen LogP) is 3.63. The number of nitrogen functional groups attached to an aromatic ring is 1. The van der Waals surface area contributed by atoms with Crippen LogP contribution in [0.5, 0.6) is 0 Å². The highest BCUT2D eigenvalue weighted by atomic mass is 35.5. The molecule has 2 nitrogen and oxygen atoms in total. The zero-order valence-electron chi connectivity index (χ0n) is 9.95. The van der Waals surface area contributed by atoms with Crippen LogP contribution in [0.1, 0.15) is 49.0 Å². The molecule has 0 saturated carbocycles. The third kappa shape index (κ3) is 3.86. The summed E-state index contributed by atoms with van der Waals surface area (Å²) in [4.78, 5) is 11.5. The standard InChI is InChI=1S/C13H19NO.ClH/c1-3-5-6-10-7-8-11(12(14)9-10)13(15)4-2;/h7-9H,3-6,14H2,1-2H3;1H. The zero-order chi connectivity index (χ0) is 11.3. The molecule has 2 N–H and O–H groups in total. The summed E-state index contributed by atoms with van der Waals surface area (Å²) in [7, 11) is 0. The second-order valence-electron chi connectivity index (χ2n) is 3.80. The van der Waals surface area contributed by atoms with Gasteiger partial charge in [-0.3, -0.25) is 4.79 Å². The zero-order valence-corrected chi connectivity index (χ0v) is 10.8. The Labute approximate surface area is 104 Å². The number of hydrogen-bond acceptors (Lipinski definition) is 2. The molecule has 1 aromatic carbocycles. The monoisotopic (exact) mass is 241 g/mol. The highest BCUT2D eigenvalue weighted by molar-refractivity contribution is 6.00. The van der Waals surface area contributed by atoms with Gasteiger partial charge in [0, 0.05) is 17.7 Å². The lowest BCUT2D eigenvalue weighted by Crippen LogP contribution is -2.03. The van der Waals surface area contributed by atoms with Gasteiger partial charge in [0.1, 0.15) is 0 Å². The van der Waals surface area contributed by atoms with E-state index < -0.39 is 0 Å². The van der Waals surface area contributed by atoms with E-state index in [1.165, 1.54) is 18.4 Å². The van der Waals surface area contributed by atoms with Gasteiger partial charge in [0.25, 0.3) is 0 Å². The Bertz CT molecular complexity index is 350. The minimum atomic E-state index is 0. The Hall–Kier alpha value is -1.02. The highest BCUT2D eigenvalue weighted by Gasteiger charge is 2.07. The van der Waals surface area contributed by atoms with Crippen LogP contribution in [0.2, 0.25) is 0 Å². The van der Waals surface area contributed by atoms with E-state index in [0.29, 0.717) is 17.7 Å². The maximum Gasteiger partial charge on any atom is 0.164 e. The Morgan fingerprint density at radius 1 is 1.31 bits per heavy atom. The normalized spacial score (nSPS) is 9.62. The summed E-state index contributed by atoms with van der Waals surface area (Å²) in [5.41, 5.74) is 8.36. The third-order valence-corrected chi connectivity index (χ3v) is 2.56. The molecule has 0 aliphatic carbocycles. The largest absolute Gasteiger partial charge is 0.398 e. The molecule has 0 bridgehead atoms. The first kappa shape index (κ1) is 15.0. The highest BCUT2D eigenvalue weighted by Crippen LogP contribution is 2.17. The van der Waals surface area contributed by atoms with E-state index in [9.17, 15) is 4.79 Å². The van der Waals surface area contributed by atoms with Crippen LogP contribution < -0.4 is 5.73 Å². The number of nitrogens with two attached hydrogens (primary N) is 1. The van der Waals surface area contributed by atoms with E-state index in [4.69, 9.17) is 5.73 Å². The maximum atomic E-state index is 11.5. The average molecular weight is 242 g/mol. The van der Waals surface area contributed by atoms with Gasteiger partial charge in [0.05, 0.1) is 0 Å². The molecule has 0 heterocycles. The van der Waals surface area contributed by atoms with Crippen LogP contribution in [0.15, 0.2) is 18.2 Å². The molecular weight excluding hydrogens is 222 g/mol. The fourth-order valence-corrected chi connectivity index (χ4v) is 1.59. The first-order chi connectivity index (χ1) is 7.19. The molecule has 0 aromatic heterocycles. The lowest BCUT2D eigenvalue weighted by molar-refractivity contribution is 0.0989. The van der Waals surface area contributed by atoms with Crippen LogP contribution >= 0.6 is 12.4 Å². The molecule has 0 radical (unpaired) electrons. The summed E-state index contributed by atoms with van der Waals surface area (Å²) in [6.07, 6.45) is 3.90. The number of ketones is 1. The Morgan fingerprint density at radius 2 is 2.00 bits per heavy atom. The SMILES string of the molecule is CCCCc1ccc(C(=O)CC)c(N)c1.Cl. The molecule has 90 valence electrons. The van der Waals surface area contributed by atoms with E-state index in [1.54, 1.807) is 0 Å². The van der Waals surface area contributed by atoms with Crippen molar-refractivity contribution in [3.05, 3.63) is 29.3 Å². The van der Waals surface area contributed by atoms with Gasteiger partial charge in [-0.2, -0.15) is 0 Å². The number of carbonyl (C=O) groups excluding carboxylic acids is 1. The first-order valence-corrected chi connectivity index (χ1v) is 5.60. The van der Waals surface area contributed by atoms with Gasteiger partial charge in [-0.1, -0.05) is 26.3 Å². The number of carbonyl (C=O) groups is 1. The summed E-state index contributed by atoms with van der Waals surface area (Å²) in [5.74, 6) is 0.120. The molecule has 0 aliphatic heterocycles. The molecule has 16 heavy (non-hydrogen) atoms. The van der Waals surface area contributed by atoms with Crippen LogP contribution in [0.3, 0.4) is 0 Å². The molecular formula is C13H20ClNO. The Kier molecular flexibility index (Phi) is 6.82. The van der Waals surface area contributed by atoms with E-state index in [2.05, 4.69) is 6.92 Å².